The number of aromatic amines is 1. The van der Waals surface area contributed by atoms with Gasteiger partial charge in [-0.2, -0.15) is 10.2 Å². The van der Waals surface area contributed by atoms with Crippen molar-refractivity contribution in [3.05, 3.63) is 88.5 Å². The van der Waals surface area contributed by atoms with E-state index in [0.717, 1.165) is 17.5 Å². The summed E-state index contributed by atoms with van der Waals surface area (Å²) in [5.41, 5.74) is 2.73. The highest BCUT2D eigenvalue weighted by molar-refractivity contribution is 5.78. The summed E-state index contributed by atoms with van der Waals surface area (Å²) in [4.78, 5) is 24.4. The predicted molar refractivity (Wildman–Crippen MR) is 106 cm³/mol. The fraction of sp³-hybridized carbons (Fsp3) is 0.143. The molecule has 0 bridgehead atoms. The zero-order chi connectivity index (χ0) is 19.3. The first kappa shape index (κ1) is 17.7. The van der Waals surface area contributed by atoms with Gasteiger partial charge in [0.2, 0.25) is 5.91 Å². The number of rotatable bonds is 6. The van der Waals surface area contributed by atoms with Crippen LogP contribution in [0.2, 0.25) is 0 Å². The highest BCUT2D eigenvalue weighted by Crippen LogP contribution is 2.18. The number of carbonyl (C=O) groups excluding carboxylic acids is 1. The van der Waals surface area contributed by atoms with Crippen molar-refractivity contribution >= 4 is 11.4 Å². The number of benzene rings is 2. The quantitative estimate of drug-likeness (QED) is 0.541. The van der Waals surface area contributed by atoms with E-state index in [1.165, 1.54) is 4.52 Å². The number of hydrogen-bond donors (Lipinski definition) is 2. The van der Waals surface area contributed by atoms with E-state index in [0.29, 0.717) is 23.6 Å². The van der Waals surface area contributed by atoms with Crippen molar-refractivity contribution in [1.29, 1.82) is 0 Å². The molecule has 4 aromatic rings. The minimum Gasteiger partial charge on any atom is -0.355 e. The van der Waals surface area contributed by atoms with Gasteiger partial charge in [-0.15, -0.1) is 0 Å². The van der Waals surface area contributed by atoms with Crippen molar-refractivity contribution in [3.8, 4) is 11.3 Å². The first-order chi connectivity index (χ1) is 13.7. The number of fused-ring (bicyclic) bond motifs is 1. The fourth-order valence-corrected chi connectivity index (χ4v) is 3.02. The average Bonchev–Trinajstić information content (AvgIpc) is 3.18. The standard InChI is InChI=1S/C21H19N5O2/c27-20(22-12-11-15-7-3-1-4-8-15)14-19-23-24-21(28)18-13-17(25-26(18)19)16-9-5-2-6-10-16/h1-10,13H,11-12,14H2,(H,22,27)(H,24,28). The second kappa shape index (κ2) is 7.87. The van der Waals surface area contributed by atoms with Gasteiger partial charge in [0.05, 0.1) is 12.1 Å². The van der Waals surface area contributed by atoms with E-state index in [2.05, 4.69) is 20.6 Å². The molecule has 0 unspecified atom stereocenters. The van der Waals surface area contributed by atoms with E-state index in [1.807, 2.05) is 60.7 Å². The van der Waals surface area contributed by atoms with Crippen LogP contribution in [0.5, 0.6) is 0 Å². The highest BCUT2D eigenvalue weighted by Gasteiger charge is 2.14. The van der Waals surface area contributed by atoms with E-state index in [4.69, 9.17) is 0 Å². The molecule has 7 nitrogen and oxygen atoms in total. The molecule has 0 radical (unpaired) electrons. The lowest BCUT2D eigenvalue weighted by Gasteiger charge is -2.06. The molecular formula is C21H19N5O2. The van der Waals surface area contributed by atoms with Gasteiger partial charge in [-0.3, -0.25) is 9.59 Å². The second-order valence-electron chi connectivity index (χ2n) is 6.42. The highest BCUT2D eigenvalue weighted by atomic mass is 16.1. The molecule has 0 aliphatic carbocycles. The third-order valence-corrected chi connectivity index (χ3v) is 4.44. The van der Waals surface area contributed by atoms with E-state index in [9.17, 15) is 9.59 Å². The van der Waals surface area contributed by atoms with E-state index in [1.54, 1.807) is 6.07 Å². The second-order valence-corrected chi connectivity index (χ2v) is 6.42. The van der Waals surface area contributed by atoms with Crippen molar-refractivity contribution in [3.63, 3.8) is 0 Å². The topological polar surface area (TPSA) is 92.2 Å². The lowest BCUT2D eigenvalue weighted by Crippen LogP contribution is -2.29. The molecule has 4 rings (SSSR count). The minimum absolute atomic E-state index is 0.0258. The maximum Gasteiger partial charge on any atom is 0.290 e. The molecule has 0 fully saturated rings. The van der Waals surface area contributed by atoms with Crippen LogP contribution in [0.3, 0.4) is 0 Å². The summed E-state index contributed by atoms with van der Waals surface area (Å²) >= 11 is 0. The molecule has 2 aromatic heterocycles. The number of aromatic nitrogens is 4. The summed E-state index contributed by atoms with van der Waals surface area (Å²) < 4.78 is 1.44. The molecule has 0 saturated carbocycles. The van der Waals surface area contributed by atoms with Crippen LogP contribution in [0.4, 0.5) is 0 Å². The van der Waals surface area contributed by atoms with Gasteiger partial charge < -0.3 is 5.32 Å². The largest absolute Gasteiger partial charge is 0.355 e. The summed E-state index contributed by atoms with van der Waals surface area (Å²) in [6, 6.07) is 21.2. The van der Waals surface area contributed by atoms with Crippen LogP contribution in [0.1, 0.15) is 11.4 Å². The fourth-order valence-electron chi connectivity index (χ4n) is 3.02. The lowest BCUT2D eigenvalue weighted by molar-refractivity contribution is -0.120. The molecule has 2 heterocycles. The van der Waals surface area contributed by atoms with Gasteiger partial charge in [-0.25, -0.2) is 9.61 Å². The summed E-state index contributed by atoms with van der Waals surface area (Å²) in [5, 5.41) is 13.8. The van der Waals surface area contributed by atoms with Gasteiger partial charge in [-0.05, 0) is 18.1 Å². The summed E-state index contributed by atoms with van der Waals surface area (Å²) in [6.45, 7) is 0.531. The molecule has 2 N–H and O–H groups in total. The van der Waals surface area contributed by atoms with E-state index < -0.39 is 0 Å². The van der Waals surface area contributed by atoms with Crippen LogP contribution in [-0.2, 0) is 17.6 Å². The van der Waals surface area contributed by atoms with Crippen molar-refractivity contribution in [2.75, 3.05) is 6.54 Å². The van der Waals surface area contributed by atoms with Crippen LogP contribution in [0.25, 0.3) is 16.8 Å². The number of carbonyl (C=O) groups is 1. The van der Waals surface area contributed by atoms with Crippen molar-refractivity contribution in [2.24, 2.45) is 0 Å². The van der Waals surface area contributed by atoms with Crippen molar-refractivity contribution < 1.29 is 4.79 Å². The summed E-state index contributed by atoms with van der Waals surface area (Å²) in [6.07, 6.45) is 0.777. The molecule has 28 heavy (non-hydrogen) atoms. The number of hydrogen-bond acceptors (Lipinski definition) is 4. The minimum atomic E-state index is -0.345. The van der Waals surface area contributed by atoms with Gasteiger partial charge in [0.15, 0.2) is 5.82 Å². The number of H-pyrrole nitrogens is 1. The van der Waals surface area contributed by atoms with Crippen LogP contribution in [0, 0.1) is 0 Å². The van der Waals surface area contributed by atoms with Crippen molar-refractivity contribution in [1.82, 2.24) is 25.1 Å². The van der Waals surface area contributed by atoms with Crippen molar-refractivity contribution in [2.45, 2.75) is 12.8 Å². The van der Waals surface area contributed by atoms with Gasteiger partial charge in [0.1, 0.15) is 5.52 Å². The summed E-state index contributed by atoms with van der Waals surface area (Å²) in [5.74, 6) is 0.211. The monoisotopic (exact) mass is 373 g/mol. The van der Waals surface area contributed by atoms with E-state index >= 15 is 0 Å². The van der Waals surface area contributed by atoms with Gasteiger partial charge >= 0.3 is 0 Å². The molecule has 0 spiro atoms. The molecule has 2 aromatic carbocycles. The lowest BCUT2D eigenvalue weighted by atomic mass is 10.1. The Hall–Kier alpha value is -3.74. The van der Waals surface area contributed by atoms with Crippen LogP contribution in [-0.4, -0.2) is 32.3 Å². The Labute approximate surface area is 161 Å². The van der Waals surface area contributed by atoms with Crippen LogP contribution in [0.15, 0.2) is 71.5 Å². The molecule has 7 heteroatoms. The first-order valence-electron chi connectivity index (χ1n) is 9.04. The Morgan fingerprint density at radius 3 is 2.50 bits per heavy atom. The Kier molecular flexibility index (Phi) is 4.97. The zero-order valence-corrected chi connectivity index (χ0v) is 15.1. The molecule has 0 saturated heterocycles. The Morgan fingerprint density at radius 1 is 1.04 bits per heavy atom. The van der Waals surface area contributed by atoms with Gasteiger partial charge in [0.25, 0.3) is 5.56 Å². The van der Waals surface area contributed by atoms with Crippen LogP contribution >= 0.6 is 0 Å². The smallest absolute Gasteiger partial charge is 0.290 e. The molecule has 0 aliphatic heterocycles. The van der Waals surface area contributed by atoms with Gasteiger partial charge in [0, 0.05) is 12.1 Å². The SMILES string of the molecule is O=C(Cc1n[nH]c(=O)c2cc(-c3ccccc3)nn12)NCCc1ccccc1. The molecule has 1 amide bonds. The van der Waals surface area contributed by atoms with Crippen LogP contribution < -0.4 is 10.9 Å². The van der Waals surface area contributed by atoms with Gasteiger partial charge in [-0.1, -0.05) is 60.7 Å². The third-order valence-electron chi connectivity index (χ3n) is 4.44. The first-order valence-corrected chi connectivity index (χ1v) is 9.04. The number of nitrogens with zero attached hydrogens (tertiary/aromatic N) is 3. The molecule has 0 aliphatic rings. The maximum atomic E-state index is 12.3. The molecule has 140 valence electrons. The zero-order valence-electron chi connectivity index (χ0n) is 15.1. The third kappa shape index (κ3) is 3.83. The molecular weight excluding hydrogens is 354 g/mol. The van der Waals surface area contributed by atoms with E-state index in [-0.39, 0.29) is 17.9 Å². The molecule has 0 atom stereocenters. The Balaban J connectivity index is 1.50. The average molecular weight is 373 g/mol. The maximum absolute atomic E-state index is 12.3. The number of nitrogens with one attached hydrogen (secondary N) is 2. The predicted octanol–water partition coefficient (Wildman–Crippen LogP) is 1.99. The Bertz CT molecular complexity index is 1150. The Morgan fingerprint density at radius 2 is 1.75 bits per heavy atom. The number of amides is 1. The summed E-state index contributed by atoms with van der Waals surface area (Å²) in [7, 11) is 0. The normalized spacial score (nSPS) is 10.9.